The first kappa shape index (κ1) is 11.8. The highest BCUT2D eigenvalue weighted by atomic mass is 16.5. The third kappa shape index (κ3) is 2.19. The van der Waals surface area contributed by atoms with Crippen molar-refractivity contribution in [3.8, 4) is 5.75 Å². The summed E-state index contributed by atoms with van der Waals surface area (Å²) in [7, 11) is 0. The van der Waals surface area contributed by atoms with Gasteiger partial charge in [0.15, 0.2) is 0 Å². The fourth-order valence-corrected chi connectivity index (χ4v) is 2.79. The number of fused-ring (bicyclic) bond motifs is 1. The van der Waals surface area contributed by atoms with Gasteiger partial charge >= 0.3 is 0 Å². The smallest absolute Gasteiger partial charge is 0.124 e. The second-order valence-corrected chi connectivity index (χ2v) is 5.43. The Morgan fingerprint density at radius 2 is 2.28 bits per heavy atom. The standard InChI is InChI=1S/C15H21NO2/c1-11(2)16-7-5-12-3-4-13(9-15(12)16)18-14-6-8-17-10-14/h3-4,9,11,14H,5-8,10H2,1-2H3/t14-/m1/s1. The van der Waals surface area contributed by atoms with Crippen LogP contribution in [0, 0.1) is 0 Å². The molecule has 2 aliphatic rings. The second kappa shape index (κ2) is 4.81. The van der Waals surface area contributed by atoms with Gasteiger partial charge in [-0.15, -0.1) is 0 Å². The fourth-order valence-electron chi connectivity index (χ4n) is 2.79. The maximum atomic E-state index is 5.98. The van der Waals surface area contributed by atoms with Crippen molar-refractivity contribution in [3.63, 3.8) is 0 Å². The molecule has 0 N–H and O–H groups in total. The van der Waals surface area contributed by atoms with Crippen LogP contribution in [-0.2, 0) is 11.2 Å². The molecular weight excluding hydrogens is 226 g/mol. The van der Waals surface area contributed by atoms with Crippen molar-refractivity contribution in [3.05, 3.63) is 23.8 Å². The molecule has 3 rings (SSSR count). The predicted molar refractivity (Wildman–Crippen MR) is 72.5 cm³/mol. The van der Waals surface area contributed by atoms with E-state index in [4.69, 9.17) is 9.47 Å². The number of benzene rings is 1. The molecule has 18 heavy (non-hydrogen) atoms. The maximum absolute atomic E-state index is 5.98. The summed E-state index contributed by atoms with van der Waals surface area (Å²) in [6.07, 6.45) is 2.39. The first-order valence-corrected chi connectivity index (χ1v) is 6.88. The highest BCUT2D eigenvalue weighted by Crippen LogP contribution is 2.33. The van der Waals surface area contributed by atoms with E-state index in [0.29, 0.717) is 6.04 Å². The van der Waals surface area contributed by atoms with Crippen molar-refractivity contribution >= 4 is 5.69 Å². The van der Waals surface area contributed by atoms with Gasteiger partial charge in [0.25, 0.3) is 0 Å². The molecule has 3 heteroatoms. The van der Waals surface area contributed by atoms with Gasteiger partial charge in [-0.3, -0.25) is 0 Å². The molecular formula is C15H21NO2. The number of rotatable bonds is 3. The summed E-state index contributed by atoms with van der Waals surface area (Å²) >= 11 is 0. The van der Waals surface area contributed by atoms with E-state index in [1.54, 1.807) is 0 Å². The quantitative estimate of drug-likeness (QED) is 0.819. The topological polar surface area (TPSA) is 21.7 Å². The SMILES string of the molecule is CC(C)N1CCc2ccc(O[C@@H]3CCOC3)cc21. The van der Waals surface area contributed by atoms with Crippen molar-refractivity contribution in [2.75, 3.05) is 24.7 Å². The largest absolute Gasteiger partial charge is 0.488 e. The minimum atomic E-state index is 0.233. The fraction of sp³-hybridized carbons (Fsp3) is 0.600. The average Bonchev–Trinajstić information content (AvgIpc) is 2.97. The molecule has 0 spiro atoms. The van der Waals surface area contributed by atoms with E-state index in [9.17, 15) is 0 Å². The lowest BCUT2D eigenvalue weighted by molar-refractivity contribution is 0.141. The molecule has 1 aromatic carbocycles. The van der Waals surface area contributed by atoms with E-state index < -0.39 is 0 Å². The molecule has 0 bridgehead atoms. The number of ether oxygens (including phenoxy) is 2. The Bertz CT molecular complexity index is 425. The van der Waals surface area contributed by atoms with Gasteiger partial charge in [0.1, 0.15) is 11.9 Å². The highest BCUT2D eigenvalue weighted by molar-refractivity contribution is 5.61. The number of hydrogen-bond acceptors (Lipinski definition) is 3. The summed E-state index contributed by atoms with van der Waals surface area (Å²) in [5.41, 5.74) is 2.79. The van der Waals surface area contributed by atoms with E-state index in [1.165, 1.54) is 11.3 Å². The Morgan fingerprint density at radius 3 is 3.00 bits per heavy atom. The van der Waals surface area contributed by atoms with Gasteiger partial charge in [-0.1, -0.05) is 6.07 Å². The molecule has 1 saturated heterocycles. The van der Waals surface area contributed by atoms with Gasteiger partial charge in [0.05, 0.1) is 13.2 Å². The molecule has 0 saturated carbocycles. The van der Waals surface area contributed by atoms with Crippen LogP contribution in [0.25, 0.3) is 0 Å². The van der Waals surface area contributed by atoms with Crippen LogP contribution in [0.3, 0.4) is 0 Å². The number of hydrogen-bond donors (Lipinski definition) is 0. The van der Waals surface area contributed by atoms with E-state index in [0.717, 1.165) is 38.3 Å². The molecule has 0 aliphatic carbocycles. The van der Waals surface area contributed by atoms with Crippen LogP contribution >= 0.6 is 0 Å². The van der Waals surface area contributed by atoms with E-state index in [1.807, 2.05) is 0 Å². The molecule has 3 nitrogen and oxygen atoms in total. The molecule has 98 valence electrons. The zero-order valence-corrected chi connectivity index (χ0v) is 11.2. The van der Waals surface area contributed by atoms with Crippen LogP contribution < -0.4 is 9.64 Å². The second-order valence-electron chi connectivity index (χ2n) is 5.43. The Morgan fingerprint density at radius 1 is 1.39 bits per heavy atom. The summed E-state index contributed by atoms with van der Waals surface area (Å²) in [5, 5.41) is 0. The lowest BCUT2D eigenvalue weighted by Crippen LogP contribution is -2.28. The van der Waals surface area contributed by atoms with Gasteiger partial charge in [-0.2, -0.15) is 0 Å². The molecule has 2 aliphatic heterocycles. The van der Waals surface area contributed by atoms with Crippen LogP contribution in [-0.4, -0.2) is 31.9 Å². The van der Waals surface area contributed by atoms with Crippen molar-refractivity contribution in [2.24, 2.45) is 0 Å². The van der Waals surface area contributed by atoms with Gasteiger partial charge < -0.3 is 14.4 Å². The monoisotopic (exact) mass is 247 g/mol. The van der Waals surface area contributed by atoms with Gasteiger partial charge in [-0.05, 0) is 31.9 Å². The minimum Gasteiger partial charge on any atom is -0.488 e. The first-order chi connectivity index (χ1) is 8.74. The third-order valence-corrected chi connectivity index (χ3v) is 3.80. The Hall–Kier alpha value is -1.22. The Kier molecular flexibility index (Phi) is 3.16. The molecule has 1 aromatic rings. The normalized spacial score (nSPS) is 22.6. The third-order valence-electron chi connectivity index (χ3n) is 3.80. The molecule has 0 unspecified atom stereocenters. The van der Waals surface area contributed by atoms with Gasteiger partial charge in [0, 0.05) is 30.8 Å². The van der Waals surface area contributed by atoms with Crippen molar-refractivity contribution in [2.45, 2.75) is 38.8 Å². The highest BCUT2D eigenvalue weighted by Gasteiger charge is 2.23. The number of nitrogens with zero attached hydrogens (tertiary/aromatic N) is 1. The minimum absolute atomic E-state index is 0.233. The zero-order chi connectivity index (χ0) is 12.5. The molecule has 0 radical (unpaired) electrons. The lowest BCUT2D eigenvalue weighted by Gasteiger charge is -2.24. The summed E-state index contributed by atoms with van der Waals surface area (Å²) in [5.74, 6) is 0.983. The van der Waals surface area contributed by atoms with Crippen LogP contribution in [0.15, 0.2) is 18.2 Å². The molecule has 2 heterocycles. The summed E-state index contributed by atoms with van der Waals surface area (Å²) in [4.78, 5) is 2.45. The first-order valence-electron chi connectivity index (χ1n) is 6.88. The van der Waals surface area contributed by atoms with Gasteiger partial charge in [0.2, 0.25) is 0 Å². The van der Waals surface area contributed by atoms with Crippen LogP contribution in [0.1, 0.15) is 25.8 Å². The molecule has 1 atom stereocenters. The van der Waals surface area contributed by atoms with Crippen molar-refractivity contribution in [1.29, 1.82) is 0 Å². The van der Waals surface area contributed by atoms with Crippen LogP contribution in [0.2, 0.25) is 0 Å². The molecule has 0 amide bonds. The summed E-state index contributed by atoms with van der Waals surface area (Å²) in [6.45, 7) is 7.17. The predicted octanol–water partition coefficient (Wildman–Crippen LogP) is 2.63. The van der Waals surface area contributed by atoms with Crippen molar-refractivity contribution in [1.82, 2.24) is 0 Å². The summed E-state index contributed by atoms with van der Waals surface area (Å²) < 4.78 is 11.3. The Balaban J connectivity index is 1.79. The average molecular weight is 247 g/mol. The van der Waals surface area contributed by atoms with E-state index in [2.05, 4.69) is 36.9 Å². The van der Waals surface area contributed by atoms with E-state index in [-0.39, 0.29) is 6.10 Å². The maximum Gasteiger partial charge on any atom is 0.124 e. The lowest BCUT2D eigenvalue weighted by atomic mass is 10.1. The van der Waals surface area contributed by atoms with E-state index >= 15 is 0 Å². The summed E-state index contributed by atoms with van der Waals surface area (Å²) in [6, 6.07) is 7.06. The van der Waals surface area contributed by atoms with Crippen LogP contribution in [0.4, 0.5) is 5.69 Å². The Labute approximate surface area is 109 Å². The number of anilines is 1. The molecule has 0 aromatic heterocycles. The zero-order valence-electron chi connectivity index (χ0n) is 11.2. The van der Waals surface area contributed by atoms with Crippen molar-refractivity contribution < 1.29 is 9.47 Å². The van der Waals surface area contributed by atoms with Crippen LogP contribution in [0.5, 0.6) is 5.75 Å². The van der Waals surface area contributed by atoms with Gasteiger partial charge in [-0.25, -0.2) is 0 Å². The molecule has 1 fully saturated rings.